The van der Waals surface area contributed by atoms with Crippen LogP contribution in [0.25, 0.3) is 0 Å². The van der Waals surface area contributed by atoms with Gasteiger partial charge in [0.25, 0.3) is 0 Å². The fraction of sp³-hybridized carbons (Fsp3) is 0.250. The molecule has 5 nitrogen and oxygen atoms in total. The Bertz CT molecular complexity index is 555. The van der Waals surface area contributed by atoms with E-state index in [0.29, 0.717) is 5.16 Å². The Balaban J connectivity index is 1.78. The highest BCUT2D eigenvalue weighted by Crippen LogP contribution is 2.29. The molecule has 1 aromatic carbocycles. The Morgan fingerprint density at radius 1 is 1.33 bits per heavy atom. The second-order valence-electron chi connectivity index (χ2n) is 4.08. The van der Waals surface area contributed by atoms with E-state index in [1.54, 1.807) is 0 Å². The molecule has 2 N–H and O–H groups in total. The number of carbonyl (C=O) groups is 1. The zero-order valence-corrected chi connectivity index (χ0v) is 10.4. The highest BCUT2D eigenvalue weighted by atomic mass is 32.2. The topological polar surface area (TPSA) is 70.7 Å². The summed E-state index contributed by atoms with van der Waals surface area (Å²) >= 11 is 1.42. The van der Waals surface area contributed by atoms with Crippen LogP contribution in [0, 0.1) is 0 Å². The summed E-state index contributed by atoms with van der Waals surface area (Å²) in [4.78, 5) is 16.2. The van der Waals surface area contributed by atoms with Gasteiger partial charge in [0.2, 0.25) is 5.91 Å². The number of rotatable bonds is 2. The van der Waals surface area contributed by atoms with E-state index in [2.05, 4.69) is 26.6 Å². The number of H-pyrrole nitrogens is 1. The Morgan fingerprint density at radius 2 is 2.22 bits per heavy atom. The number of aromatic amines is 1. The van der Waals surface area contributed by atoms with Crippen LogP contribution in [0.15, 0.2) is 35.7 Å². The van der Waals surface area contributed by atoms with Crippen LogP contribution in [-0.2, 0) is 11.2 Å². The lowest BCUT2D eigenvalue weighted by atomic mass is 10.1. The highest BCUT2D eigenvalue weighted by molar-refractivity contribution is 8.00. The summed E-state index contributed by atoms with van der Waals surface area (Å²) in [6.07, 6.45) is 3.14. The van der Waals surface area contributed by atoms with Gasteiger partial charge in [0.15, 0.2) is 5.16 Å². The van der Waals surface area contributed by atoms with E-state index >= 15 is 0 Å². The molecule has 0 aliphatic carbocycles. The first-order valence-corrected chi connectivity index (χ1v) is 6.62. The first-order chi connectivity index (χ1) is 8.83. The minimum Gasteiger partial charge on any atom is -0.325 e. The fourth-order valence-electron chi connectivity index (χ4n) is 1.99. The number of hydrogen-bond donors (Lipinski definition) is 2. The number of nitrogens with one attached hydrogen (secondary N) is 2. The first kappa shape index (κ1) is 11.3. The van der Waals surface area contributed by atoms with E-state index in [1.165, 1.54) is 23.7 Å². The van der Waals surface area contributed by atoms with Crippen molar-refractivity contribution in [1.29, 1.82) is 0 Å². The third-order valence-corrected chi connectivity index (χ3v) is 4.04. The number of amides is 1. The SMILES string of the molecule is O=C1Nc2ccccc2CC[C@H]1Sc1ncn[nH]1. The van der Waals surface area contributed by atoms with Gasteiger partial charge in [-0.05, 0) is 24.5 Å². The average molecular weight is 260 g/mol. The summed E-state index contributed by atoms with van der Waals surface area (Å²) < 4.78 is 0. The van der Waals surface area contributed by atoms with Crippen molar-refractivity contribution in [1.82, 2.24) is 15.2 Å². The van der Waals surface area contributed by atoms with Crippen molar-refractivity contribution in [3.05, 3.63) is 36.2 Å². The van der Waals surface area contributed by atoms with Crippen molar-refractivity contribution in [2.24, 2.45) is 0 Å². The molecule has 0 saturated carbocycles. The molecule has 0 spiro atoms. The Labute approximate surface area is 108 Å². The molecule has 0 radical (unpaired) electrons. The molecule has 2 aromatic rings. The molecule has 0 saturated heterocycles. The maximum atomic E-state index is 12.1. The van der Waals surface area contributed by atoms with Crippen LogP contribution >= 0.6 is 11.8 Å². The Kier molecular flexibility index (Phi) is 3.02. The van der Waals surface area contributed by atoms with Gasteiger partial charge in [-0.25, -0.2) is 4.98 Å². The fourth-order valence-corrected chi connectivity index (χ4v) is 2.87. The second-order valence-corrected chi connectivity index (χ2v) is 5.27. The van der Waals surface area contributed by atoms with Crippen LogP contribution < -0.4 is 5.32 Å². The molecule has 0 bridgehead atoms. The summed E-state index contributed by atoms with van der Waals surface area (Å²) in [5.74, 6) is 0.0290. The monoisotopic (exact) mass is 260 g/mol. The van der Waals surface area contributed by atoms with Gasteiger partial charge in [0.05, 0.1) is 5.25 Å². The third kappa shape index (κ3) is 2.24. The summed E-state index contributed by atoms with van der Waals surface area (Å²) in [7, 11) is 0. The van der Waals surface area contributed by atoms with Gasteiger partial charge in [-0.2, -0.15) is 5.10 Å². The van der Waals surface area contributed by atoms with Crippen LogP contribution in [0.3, 0.4) is 0 Å². The second kappa shape index (κ2) is 4.81. The molecule has 1 aromatic heterocycles. The molecular weight excluding hydrogens is 248 g/mol. The van der Waals surface area contributed by atoms with Crippen LogP contribution in [-0.4, -0.2) is 26.3 Å². The average Bonchev–Trinajstić information content (AvgIpc) is 2.83. The predicted octanol–water partition coefficient (Wildman–Crippen LogP) is 1.85. The highest BCUT2D eigenvalue weighted by Gasteiger charge is 2.25. The van der Waals surface area contributed by atoms with E-state index in [4.69, 9.17) is 0 Å². The number of fused-ring (bicyclic) bond motifs is 1. The number of nitrogens with zero attached hydrogens (tertiary/aromatic N) is 2. The first-order valence-electron chi connectivity index (χ1n) is 5.74. The van der Waals surface area contributed by atoms with Crippen LogP contribution in [0.4, 0.5) is 5.69 Å². The van der Waals surface area contributed by atoms with Crippen molar-refractivity contribution in [3.8, 4) is 0 Å². The van der Waals surface area contributed by atoms with Crippen molar-refractivity contribution in [3.63, 3.8) is 0 Å². The van der Waals surface area contributed by atoms with Gasteiger partial charge in [0, 0.05) is 5.69 Å². The summed E-state index contributed by atoms with van der Waals surface area (Å²) in [6.45, 7) is 0. The smallest absolute Gasteiger partial charge is 0.237 e. The lowest BCUT2D eigenvalue weighted by Gasteiger charge is -2.10. The third-order valence-electron chi connectivity index (χ3n) is 2.89. The molecule has 0 fully saturated rings. The molecule has 0 unspecified atom stereocenters. The zero-order chi connectivity index (χ0) is 12.4. The van der Waals surface area contributed by atoms with Crippen LogP contribution in [0.5, 0.6) is 0 Å². The van der Waals surface area contributed by atoms with Gasteiger partial charge in [-0.1, -0.05) is 30.0 Å². The molecule has 3 rings (SSSR count). The minimum absolute atomic E-state index is 0.0290. The predicted molar refractivity (Wildman–Crippen MR) is 69.4 cm³/mol. The molecule has 18 heavy (non-hydrogen) atoms. The maximum Gasteiger partial charge on any atom is 0.237 e. The number of hydrogen-bond acceptors (Lipinski definition) is 4. The van der Waals surface area contributed by atoms with E-state index in [1.807, 2.05) is 18.2 Å². The summed E-state index contributed by atoms with van der Waals surface area (Å²) in [5.41, 5.74) is 2.11. The van der Waals surface area contributed by atoms with Gasteiger partial charge in [0.1, 0.15) is 6.33 Å². The maximum absolute atomic E-state index is 12.1. The van der Waals surface area contributed by atoms with Crippen LogP contribution in [0.2, 0.25) is 0 Å². The van der Waals surface area contributed by atoms with Crippen LogP contribution in [0.1, 0.15) is 12.0 Å². The number of carbonyl (C=O) groups excluding carboxylic acids is 1. The number of aromatic nitrogens is 3. The van der Waals surface area contributed by atoms with E-state index in [-0.39, 0.29) is 11.2 Å². The molecule has 2 heterocycles. The molecule has 6 heteroatoms. The summed E-state index contributed by atoms with van der Waals surface area (Å²) in [6, 6.07) is 7.92. The molecule has 1 aliphatic rings. The van der Waals surface area contributed by atoms with Crippen molar-refractivity contribution in [2.45, 2.75) is 23.2 Å². The van der Waals surface area contributed by atoms with Gasteiger partial charge in [-0.3, -0.25) is 9.89 Å². The Morgan fingerprint density at radius 3 is 3.06 bits per heavy atom. The molecule has 92 valence electrons. The number of benzene rings is 1. The van der Waals surface area contributed by atoms with Crippen molar-refractivity contribution >= 4 is 23.4 Å². The number of aryl methyl sites for hydroxylation is 1. The molecule has 1 amide bonds. The van der Waals surface area contributed by atoms with E-state index < -0.39 is 0 Å². The number of para-hydroxylation sites is 1. The molecule has 1 aliphatic heterocycles. The van der Waals surface area contributed by atoms with Gasteiger partial charge in [-0.15, -0.1) is 0 Å². The van der Waals surface area contributed by atoms with Crippen molar-refractivity contribution < 1.29 is 4.79 Å². The minimum atomic E-state index is -0.134. The zero-order valence-electron chi connectivity index (χ0n) is 9.59. The van der Waals surface area contributed by atoms with Crippen molar-refractivity contribution in [2.75, 3.05) is 5.32 Å². The van der Waals surface area contributed by atoms with Gasteiger partial charge >= 0.3 is 0 Å². The lowest BCUT2D eigenvalue weighted by Crippen LogP contribution is -2.23. The normalized spacial score (nSPS) is 18.9. The molecule has 1 atom stereocenters. The van der Waals surface area contributed by atoms with Gasteiger partial charge < -0.3 is 5.32 Å². The standard InChI is InChI=1S/C12H12N4OS/c17-11-10(18-12-13-7-14-16-12)6-5-8-3-1-2-4-9(8)15-11/h1-4,7,10H,5-6H2,(H,15,17)(H,13,14,16)/t10-/m1/s1. The number of thioether (sulfide) groups is 1. The Hall–Kier alpha value is -1.82. The quantitative estimate of drug-likeness (QED) is 0.864. The lowest BCUT2D eigenvalue weighted by molar-refractivity contribution is -0.115. The summed E-state index contributed by atoms with van der Waals surface area (Å²) in [5, 5.41) is 10.1. The van der Waals surface area contributed by atoms with E-state index in [0.717, 1.165) is 18.5 Å². The largest absolute Gasteiger partial charge is 0.325 e. The van der Waals surface area contributed by atoms with E-state index in [9.17, 15) is 4.79 Å². The number of anilines is 1. The molecular formula is C12H12N4OS.